The average Bonchev–Trinajstić information content (AvgIpc) is 3.30. The van der Waals surface area contributed by atoms with Gasteiger partial charge in [-0.15, -0.1) is 10.2 Å². The van der Waals surface area contributed by atoms with Crippen molar-refractivity contribution in [3.05, 3.63) is 90.5 Å². The first kappa shape index (κ1) is 22.3. The summed E-state index contributed by atoms with van der Waals surface area (Å²) in [6.07, 6.45) is 0.447. The minimum atomic E-state index is -4.48. The third kappa shape index (κ3) is 5.86. The van der Waals surface area contributed by atoms with Crippen LogP contribution in [0.4, 0.5) is 18.9 Å². The molecule has 12 heteroatoms. The van der Waals surface area contributed by atoms with Crippen molar-refractivity contribution in [2.75, 3.05) is 4.72 Å². The third-order valence-electron chi connectivity index (χ3n) is 4.38. The fourth-order valence-electron chi connectivity index (χ4n) is 2.84. The molecule has 1 N–H and O–H groups in total. The Labute approximate surface area is 186 Å². The maximum Gasteiger partial charge on any atom is 0.416 e. The Morgan fingerprint density at radius 2 is 1.67 bits per heavy atom. The number of anilines is 1. The van der Waals surface area contributed by atoms with Gasteiger partial charge in [0.15, 0.2) is 5.82 Å². The molecule has 0 radical (unpaired) electrons. The zero-order valence-electron chi connectivity index (χ0n) is 16.8. The monoisotopic (exact) mass is 475 g/mol. The second-order valence-electron chi connectivity index (χ2n) is 6.88. The van der Waals surface area contributed by atoms with Gasteiger partial charge < -0.3 is 4.74 Å². The SMILES string of the molecule is O=S(=O)(Cc1ccc(C(F)(F)F)cc1)Nc1ccc(Oc2ccc(-n3ccnc3)nn2)cc1. The molecule has 0 aliphatic rings. The number of imidazole rings is 1. The lowest BCUT2D eigenvalue weighted by molar-refractivity contribution is -0.137. The molecule has 2 heterocycles. The summed E-state index contributed by atoms with van der Waals surface area (Å²) in [6.45, 7) is 0. The molecule has 0 saturated heterocycles. The van der Waals surface area contributed by atoms with Gasteiger partial charge in [0.2, 0.25) is 15.9 Å². The Kier molecular flexibility index (Phi) is 6.01. The highest BCUT2D eigenvalue weighted by atomic mass is 32.2. The summed E-state index contributed by atoms with van der Waals surface area (Å²) in [5, 5.41) is 8.01. The van der Waals surface area contributed by atoms with Crippen LogP contribution >= 0.6 is 0 Å². The van der Waals surface area contributed by atoms with Crippen LogP contribution in [0.2, 0.25) is 0 Å². The summed E-state index contributed by atoms with van der Waals surface area (Å²) in [7, 11) is -3.84. The molecule has 0 spiro atoms. The quantitative estimate of drug-likeness (QED) is 0.425. The van der Waals surface area contributed by atoms with Crippen molar-refractivity contribution in [3.63, 3.8) is 0 Å². The molecule has 0 bridgehead atoms. The molecule has 0 aliphatic heterocycles. The maximum absolute atomic E-state index is 12.6. The molecule has 0 aliphatic carbocycles. The van der Waals surface area contributed by atoms with E-state index in [9.17, 15) is 21.6 Å². The topological polar surface area (TPSA) is 99.0 Å². The largest absolute Gasteiger partial charge is 0.438 e. The Balaban J connectivity index is 1.36. The summed E-state index contributed by atoms with van der Waals surface area (Å²) in [4.78, 5) is 3.93. The van der Waals surface area contributed by atoms with Crippen LogP contribution in [0.15, 0.2) is 79.4 Å². The molecule has 2 aromatic carbocycles. The molecule has 33 heavy (non-hydrogen) atoms. The Morgan fingerprint density at radius 3 is 2.24 bits per heavy atom. The number of sulfonamides is 1. The lowest BCUT2D eigenvalue weighted by atomic mass is 10.1. The molecule has 0 saturated carbocycles. The van der Waals surface area contributed by atoms with Gasteiger partial charge in [-0.1, -0.05) is 12.1 Å². The van der Waals surface area contributed by atoms with Crippen molar-refractivity contribution in [3.8, 4) is 17.4 Å². The van der Waals surface area contributed by atoms with Crippen molar-refractivity contribution in [2.45, 2.75) is 11.9 Å². The fraction of sp³-hybridized carbons (Fsp3) is 0.0952. The van der Waals surface area contributed by atoms with Crippen LogP contribution in [0.25, 0.3) is 5.82 Å². The number of halogens is 3. The van der Waals surface area contributed by atoms with Gasteiger partial charge >= 0.3 is 6.18 Å². The summed E-state index contributed by atoms with van der Waals surface area (Å²) in [6, 6.07) is 13.4. The molecule has 0 unspecified atom stereocenters. The standard InChI is InChI=1S/C21H16F3N5O3S/c22-21(23,24)16-3-1-15(2-4-16)13-33(30,31)28-17-5-7-18(8-6-17)32-20-10-9-19(26-27-20)29-12-11-25-14-29/h1-12,14,28H,13H2. The van der Waals surface area contributed by atoms with E-state index in [1.165, 1.54) is 12.1 Å². The van der Waals surface area contributed by atoms with Crippen LogP contribution in [-0.4, -0.2) is 28.2 Å². The van der Waals surface area contributed by atoms with E-state index < -0.39 is 27.5 Å². The summed E-state index contributed by atoms with van der Waals surface area (Å²) >= 11 is 0. The molecule has 0 fully saturated rings. The van der Waals surface area contributed by atoms with E-state index in [2.05, 4.69) is 19.9 Å². The summed E-state index contributed by atoms with van der Waals surface area (Å²) in [5.74, 6) is 0.750. The fourth-order valence-corrected chi connectivity index (χ4v) is 4.04. The highest BCUT2D eigenvalue weighted by Crippen LogP contribution is 2.29. The Bertz CT molecular complexity index is 1310. The highest BCUT2D eigenvalue weighted by Gasteiger charge is 2.30. The maximum atomic E-state index is 12.6. The Morgan fingerprint density at radius 1 is 0.939 bits per heavy atom. The van der Waals surface area contributed by atoms with Crippen LogP contribution in [0.1, 0.15) is 11.1 Å². The first-order valence-electron chi connectivity index (χ1n) is 9.45. The smallest absolute Gasteiger partial charge is 0.416 e. The molecule has 4 aromatic rings. The number of ether oxygens (including phenoxy) is 1. The minimum absolute atomic E-state index is 0.230. The molecule has 0 atom stereocenters. The average molecular weight is 475 g/mol. The van der Waals surface area contributed by atoms with Crippen LogP contribution in [0, 0.1) is 0 Å². The van der Waals surface area contributed by atoms with E-state index in [4.69, 9.17) is 4.74 Å². The van der Waals surface area contributed by atoms with Gasteiger partial charge in [0.1, 0.15) is 12.1 Å². The number of nitrogens with one attached hydrogen (secondary N) is 1. The second-order valence-corrected chi connectivity index (χ2v) is 8.60. The van der Waals surface area contributed by atoms with Gasteiger partial charge in [-0.25, -0.2) is 13.4 Å². The first-order valence-corrected chi connectivity index (χ1v) is 11.1. The number of rotatable bonds is 7. The third-order valence-corrected chi connectivity index (χ3v) is 5.64. The Hall–Kier alpha value is -3.93. The number of hydrogen-bond donors (Lipinski definition) is 1. The van der Waals surface area contributed by atoms with Crippen molar-refractivity contribution >= 4 is 15.7 Å². The van der Waals surface area contributed by atoms with Gasteiger partial charge in [-0.3, -0.25) is 9.29 Å². The highest BCUT2D eigenvalue weighted by molar-refractivity contribution is 7.91. The normalized spacial score (nSPS) is 11.8. The first-order chi connectivity index (χ1) is 15.7. The molecule has 0 amide bonds. The number of aromatic nitrogens is 4. The number of nitrogens with zero attached hydrogens (tertiary/aromatic N) is 4. The molecule has 4 rings (SSSR count). The van der Waals surface area contributed by atoms with E-state index in [1.807, 2.05) is 0 Å². The number of alkyl halides is 3. The van der Waals surface area contributed by atoms with Gasteiger partial charge in [-0.05, 0) is 48.0 Å². The van der Waals surface area contributed by atoms with Crippen molar-refractivity contribution in [1.29, 1.82) is 0 Å². The molecule has 170 valence electrons. The van der Waals surface area contributed by atoms with E-state index in [-0.39, 0.29) is 17.1 Å². The van der Waals surface area contributed by atoms with Gasteiger partial charge in [0.05, 0.1) is 11.3 Å². The van der Waals surface area contributed by atoms with E-state index in [0.29, 0.717) is 11.6 Å². The second kappa shape index (κ2) is 8.90. The minimum Gasteiger partial charge on any atom is -0.438 e. The number of hydrogen-bond acceptors (Lipinski definition) is 6. The molecule has 8 nitrogen and oxygen atoms in total. The zero-order valence-corrected chi connectivity index (χ0v) is 17.6. The summed E-state index contributed by atoms with van der Waals surface area (Å²) in [5.41, 5.74) is -0.336. The van der Waals surface area contributed by atoms with Crippen LogP contribution in [-0.2, 0) is 22.0 Å². The van der Waals surface area contributed by atoms with Crippen molar-refractivity contribution < 1.29 is 26.3 Å². The van der Waals surface area contributed by atoms with Gasteiger partial charge in [-0.2, -0.15) is 13.2 Å². The lowest BCUT2D eigenvalue weighted by Gasteiger charge is -2.11. The molecule has 2 aromatic heterocycles. The van der Waals surface area contributed by atoms with Crippen LogP contribution < -0.4 is 9.46 Å². The predicted molar refractivity (Wildman–Crippen MR) is 113 cm³/mol. The zero-order chi connectivity index (χ0) is 23.5. The van der Waals surface area contributed by atoms with Crippen molar-refractivity contribution in [2.24, 2.45) is 0 Å². The number of benzene rings is 2. The van der Waals surface area contributed by atoms with E-state index >= 15 is 0 Å². The summed E-state index contributed by atoms with van der Waals surface area (Å²) < 4.78 is 72.3. The van der Waals surface area contributed by atoms with E-state index in [1.54, 1.807) is 47.6 Å². The van der Waals surface area contributed by atoms with Crippen LogP contribution in [0.3, 0.4) is 0 Å². The molecular weight excluding hydrogens is 459 g/mol. The molecular formula is C21H16F3N5O3S. The lowest BCUT2D eigenvalue weighted by Crippen LogP contribution is -2.15. The van der Waals surface area contributed by atoms with Crippen molar-refractivity contribution in [1.82, 2.24) is 19.7 Å². The van der Waals surface area contributed by atoms with Gasteiger partial charge in [0, 0.05) is 24.1 Å². The van der Waals surface area contributed by atoms with Crippen LogP contribution in [0.5, 0.6) is 11.6 Å². The van der Waals surface area contributed by atoms with Gasteiger partial charge in [0.25, 0.3) is 0 Å². The predicted octanol–water partition coefficient (Wildman–Crippen LogP) is 4.42. The van der Waals surface area contributed by atoms with E-state index in [0.717, 1.165) is 24.3 Å².